The predicted molar refractivity (Wildman–Crippen MR) is 96.0 cm³/mol. The van der Waals surface area contributed by atoms with E-state index in [-0.39, 0.29) is 24.6 Å². The lowest BCUT2D eigenvalue weighted by Gasteiger charge is -2.39. The SMILES string of the molecule is CO[C@H]1O[C@H](C)[C@@H](OCc2ccccc2)C[C@@H]1OCc1ccccc1. The third kappa shape index (κ3) is 5.13. The van der Waals surface area contributed by atoms with Crippen LogP contribution in [0.3, 0.4) is 0 Å². The molecular weight excluding hydrogens is 316 g/mol. The second kappa shape index (κ2) is 9.11. The van der Waals surface area contributed by atoms with Crippen molar-refractivity contribution >= 4 is 0 Å². The Morgan fingerprint density at radius 3 is 1.88 bits per heavy atom. The van der Waals surface area contributed by atoms with Crippen molar-refractivity contribution in [2.75, 3.05) is 7.11 Å². The first kappa shape index (κ1) is 18.1. The summed E-state index contributed by atoms with van der Waals surface area (Å²) < 4.78 is 23.6. The highest BCUT2D eigenvalue weighted by Crippen LogP contribution is 2.27. The Hall–Kier alpha value is -1.72. The van der Waals surface area contributed by atoms with Gasteiger partial charge in [-0.3, -0.25) is 0 Å². The highest BCUT2D eigenvalue weighted by Gasteiger charge is 2.37. The van der Waals surface area contributed by atoms with E-state index in [1.165, 1.54) is 0 Å². The topological polar surface area (TPSA) is 36.9 Å². The Balaban J connectivity index is 1.57. The molecule has 0 amide bonds. The molecule has 1 aliphatic heterocycles. The summed E-state index contributed by atoms with van der Waals surface area (Å²) in [6, 6.07) is 20.3. The number of ether oxygens (including phenoxy) is 4. The number of benzene rings is 2. The fourth-order valence-electron chi connectivity index (χ4n) is 3.03. The van der Waals surface area contributed by atoms with Crippen LogP contribution in [0.25, 0.3) is 0 Å². The van der Waals surface area contributed by atoms with Gasteiger partial charge in [0.05, 0.1) is 25.4 Å². The number of methoxy groups -OCH3 is 1. The molecule has 1 heterocycles. The van der Waals surface area contributed by atoms with Crippen LogP contribution >= 0.6 is 0 Å². The Bertz CT molecular complexity index is 616. The van der Waals surface area contributed by atoms with Crippen LogP contribution in [0, 0.1) is 0 Å². The van der Waals surface area contributed by atoms with Crippen LogP contribution < -0.4 is 0 Å². The lowest BCUT2D eigenvalue weighted by atomic mass is 10.0. The van der Waals surface area contributed by atoms with E-state index in [9.17, 15) is 0 Å². The lowest BCUT2D eigenvalue weighted by Crippen LogP contribution is -2.48. The summed E-state index contributed by atoms with van der Waals surface area (Å²) in [6.45, 7) is 3.13. The van der Waals surface area contributed by atoms with E-state index in [2.05, 4.69) is 24.3 Å². The van der Waals surface area contributed by atoms with E-state index in [1.807, 2.05) is 43.3 Å². The zero-order chi connectivity index (χ0) is 17.5. The molecule has 0 spiro atoms. The van der Waals surface area contributed by atoms with Gasteiger partial charge in [0.25, 0.3) is 0 Å². The first-order valence-corrected chi connectivity index (χ1v) is 8.75. The molecule has 0 saturated carbocycles. The molecule has 2 aromatic carbocycles. The minimum absolute atomic E-state index is 0.0209. The molecule has 4 atom stereocenters. The van der Waals surface area contributed by atoms with Gasteiger partial charge in [-0.2, -0.15) is 0 Å². The standard InChI is InChI=1S/C21H26O4/c1-16-19(23-14-17-9-5-3-6-10-17)13-20(21(22-2)25-16)24-15-18-11-7-4-8-12-18/h3-12,16,19-21H,13-15H2,1-2H3/t16-,19+,20+,21+/m1/s1. The third-order valence-corrected chi connectivity index (χ3v) is 4.49. The van der Waals surface area contributed by atoms with E-state index < -0.39 is 0 Å². The summed E-state index contributed by atoms with van der Waals surface area (Å²) in [5.41, 5.74) is 2.29. The van der Waals surface area contributed by atoms with Crippen LogP contribution in [0.15, 0.2) is 60.7 Å². The van der Waals surface area contributed by atoms with Crippen LogP contribution in [0.2, 0.25) is 0 Å². The molecule has 25 heavy (non-hydrogen) atoms. The summed E-state index contributed by atoms with van der Waals surface area (Å²) in [5, 5.41) is 0. The second-order valence-electron chi connectivity index (χ2n) is 6.35. The molecule has 1 saturated heterocycles. The molecule has 0 bridgehead atoms. The van der Waals surface area contributed by atoms with E-state index in [1.54, 1.807) is 7.11 Å². The number of hydrogen-bond donors (Lipinski definition) is 0. The van der Waals surface area contributed by atoms with Crippen LogP contribution in [0.1, 0.15) is 24.5 Å². The average molecular weight is 342 g/mol. The molecule has 4 nitrogen and oxygen atoms in total. The molecule has 4 heteroatoms. The molecular formula is C21H26O4. The number of hydrogen-bond acceptors (Lipinski definition) is 4. The Kier molecular flexibility index (Phi) is 6.59. The fraction of sp³-hybridized carbons (Fsp3) is 0.429. The van der Waals surface area contributed by atoms with Crippen LogP contribution in [0.4, 0.5) is 0 Å². The largest absolute Gasteiger partial charge is 0.371 e. The van der Waals surface area contributed by atoms with E-state index in [0.717, 1.165) is 17.5 Å². The quantitative estimate of drug-likeness (QED) is 0.764. The van der Waals surface area contributed by atoms with E-state index >= 15 is 0 Å². The summed E-state index contributed by atoms with van der Waals surface area (Å²) >= 11 is 0. The minimum Gasteiger partial charge on any atom is -0.371 e. The van der Waals surface area contributed by atoms with Gasteiger partial charge in [-0.05, 0) is 18.1 Å². The maximum atomic E-state index is 6.10. The Labute approximate surface area is 149 Å². The normalized spacial score (nSPS) is 26.5. The zero-order valence-corrected chi connectivity index (χ0v) is 14.8. The molecule has 1 aliphatic rings. The summed E-state index contributed by atoms with van der Waals surface area (Å²) in [7, 11) is 1.65. The zero-order valence-electron chi connectivity index (χ0n) is 14.8. The van der Waals surface area contributed by atoms with Gasteiger partial charge in [0.15, 0.2) is 6.29 Å². The van der Waals surface area contributed by atoms with Crippen LogP contribution in [0.5, 0.6) is 0 Å². The smallest absolute Gasteiger partial charge is 0.183 e. The van der Waals surface area contributed by atoms with Gasteiger partial charge in [-0.15, -0.1) is 0 Å². The molecule has 1 fully saturated rings. The molecule has 134 valence electrons. The molecule has 0 N–H and O–H groups in total. The van der Waals surface area contributed by atoms with Gasteiger partial charge in [-0.1, -0.05) is 60.7 Å². The molecule has 0 unspecified atom stereocenters. The lowest BCUT2D eigenvalue weighted by molar-refractivity contribution is -0.271. The van der Waals surface area contributed by atoms with Gasteiger partial charge in [-0.25, -0.2) is 0 Å². The summed E-state index contributed by atoms with van der Waals surface area (Å²) in [5.74, 6) is 0. The highest BCUT2D eigenvalue weighted by molar-refractivity contribution is 5.14. The van der Waals surface area contributed by atoms with Crippen molar-refractivity contribution in [1.82, 2.24) is 0 Å². The predicted octanol–water partition coefficient (Wildman–Crippen LogP) is 3.94. The Morgan fingerprint density at radius 2 is 1.36 bits per heavy atom. The maximum absolute atomic E-state index is 6.10. The molecule has 3 rings (SSSR count). The summed E-state index contributed by atoms with van der Waals surface area (Å²) in [6.07, 6.45) is 0.175. The van der Waals surface area contributed by atoms with Crippen LogP contribution in [-0.2, 0) is 32.2 Å². The van der Waals surface area contributed by atoms with Crippen molar-refractivity contribution in [1.29, 1.82) is 0 Å². The summed E-state index contributed by atoms with van der Waals surface area (Å²) in [4.78, 5) is 0. The molecule has 0 aromatic heterocycles. The highest BCUT2D eigenvalue weighted by atomic mass is 16.7. The van der Waals surface area contributed by atoms with Gasteiger partial charge >= 0.3 is 0 Å². The molecule has 0 radical (unpaired) electrons. The number of rotatable bonds is 7. The second-order valence-corrected chi connectivity index (χ2v) is 6.35. The van der Waals surface area contributed by atoms with E-state index in [4.69, 9.17) is 18.9 Å². The van der Waals surface area contributed by atoms with E-state index in [0.29, 0.717) is 13.2 Å². The molecule has 2 aromatic rings. The van der Waals surface area contributed by atoms with Crippen LogP contribution in [-0.4, -0.2) is 31.7 Å². The van der Waals surface area contributed by atoms with Crippen molar-refractivity contribution in [3.8, 4) is 0 Å². The fourth-order valence-corrected chi connectivity index (χ4v) is 3.03. The first-order valence-electron chi connectivity index (χ1n) is 8.75. The Morgan fingerprint density at radius 1 is 0.840 bits per heavy atom. The first-order chi connectivity index (χ1) is 12.3. The average Bonchev–Trinajstić information content (AvgIpc) is 2.67. The maximum Gasteiger partial charge on any atom is 0.183 e. The monoisotopic (exact) mass is 342 g/mol. The van der Waals surface area contributed by atoms with Gasteiger partial charge in [0.1, 0.15) is 6.10 Å². The van der Waals surface area contributed by atoms with Gasteiger partial charge in [0.2, 0.25) is 0 Å². The van der Waals surface area contributed by atoms with Crippen molar-refractivity contribution < 1.29 is 18.9 Å². The van der Waals surface area contributed by atoms with Gasteiger partial charge < -0.3 is 18.9 Å². The van der Waals surface area contributed by atoms with Gasteiger partial charge in [0, 0.05) is 13.5 Å². The minimum atomic E-state index is -0.365. The van der Waals surface area contributed by atoms with Crippen molar-refractivity contribution in [2.24, 2.45) is 0 Å². The van der Waals surface area contributed by atoms with Crippen molar-refractivity contribution in [3.05, 3.63) is 71.8 Å². The van der Waals surface area contributed by atoms with Crippen molar-refractivity contribution in [2.45, 2.75) is 51.2 Å². The third-order valence-electron chi connectivity index (χ3n) is 4.49. The van der Waals surface area contributed by atoms with Crippen molar-refractivity contribution in [3.63, 3.8) is 0 Å². The molecule has 0 aliphatic carbocycles.